The Labute approximate surface area is 175 Å². The first kappa shape index (κ1) is 20.1. The molecule has 2 aliphatic rings. The Kier molecular flexibility index (Phi) is 5.09. The van der Waals surface area contributed by atoms with Crippen molar-refractivity contribution in [1.29, 1.82) is 0 Å². The summed E-state index contributed by atoms with van der Waals surface area (Å²) < 4.78 is 1.56. The molecule has 0 unspecified atom stereocenters. The zero-order valence-electron chi connectivity index (χ0n) is 17.5. The maximum Gasteiger partial charge on any atom is 0.272 e. The molecule has 3 heterocycles. The number of nitrogens with one attached hydrogen (secondary N) is 1. The highest BCUT2D eigenvalue weighted by Gasteiger charge is 2.57. The predicted octanol–water partition coefficient (Wildman–Crippen LogP) is 1.36. The highest BCUT2D eigenvalue weighted by atomic mass is 16.2. The number of hydrogen-bond acceptors (Lipinski definition) is 4. The molecule has 2 fully saturated rings. The van der Waals surface area contributed by atoms with E-state index < -0.39 is 5.54 Å². The predicted molar refractivity (Wildman–Crippen MR) is 110 cm³/mol. The number of nitrogens with zero attached hydrogens (tertiary/aromatic N) is 4. The van der Waals surface area contributed by atoms with E-state index in [1.54, 1.807) is 35.8 Å². The van der Waals surface area contributed by atoms with E-state index in [2.05, 4.69) is 10.4 Å². The Morgan fingerprint density at radius 2 is 1.83 bits per heavy atom. The molecule has 8 heteroatoms. The third-order valence-electron chi connectivity index (χ3n) is 6.36. The van der Waals surface area contributed by atoms with E-state index in [0.29, 0.717) is 31.7 Å². The van der Waals surface area contributed by atoms with E-state index >= 15 is 0 Å². The minimum Gasteiger partial charge on any atom is -0.347 e. The molecular formula is C22H27N5O3. The van der Waals surface area contributed by atoms with Gasteiger partial charge in [0, 0.05) is 52.6 Å². The molecule has 0 aliphatic carbocycles. The molecule has 3 amide bonds. The summed E-state index contributed by atoms with van der Waals surface area (Å²) in [6.45, 7) is 4.34. The van der Waals surface area contributed by atoms with Crippen molar-refractivity contribution in [2.24, 2.45) is 13.0 Å². The number of amides is 3. The van der Waals surface area contributed by atoms with Crippen molar-refractivity contribution >= 4 is 17.7 Å². The van der Waals surface area contributed by atoms with Crippen LogP contribution in [0, 0.1) is 5.92 Å². The van der Waals surface area contributed by atoms with Gasteiger partial charge in [-0.15, -0.1) is 0 Å². The molecule has 30 heavy (non-hydrogen) atoms. The zero-order chi connectivity index (χ0) is 21.5. The SMILES string of the molecule is CC(=O)N[C@@]12CN(C(=O)c3ccnn3C)CC[C@@H]1[C@@H](c1ccccc1)N(C(C)=O)C2. The largest absolute Gasteiger partial charge is 0.347 e. The first-order valence-corrected chi connectivity index (χ1v) is 10.2. The maximum absolute atomic E-state index is 13.1. The summed E-state index contributed by atoms with van der Waals surface area (Å²) in [6, 6.07) is 11.5. The number of carbonyl (C=O) groups is 3. The van der Waals surface area contributed by atoms with Crippen molar-refractivity contribution in [3.63, 3.8) is 0 Å². The van der Waals surface area contributed by atoms with Gasteiger partial charge in [0.25, 0.3) is 5.91 Å². The highest BCUT2D eigenvalue weighted by molar-refractivity contribution is 5.92. The normalized spacial score (nSPS) is 25.7. The van der Waals surface area contributed by atoms with Crippen LogP contribution in [0.25, 0.3) is 0 Å². The van der Waals surface area contributed by atoms with Crippen LogP contribution in [0.15, 0.2) is 42.6 Å². The second kappa shape index (κ2) is 7.59. The lowest BCUT2D eigenvalue weighted by molar-refractivity contribution is -0.130. The van der Waals surface area contributed by atoms with Gasteiger partial charge in [0.15, 0.2) is 0 Å². The number of rotatable bonds is 3. The van der Waals surface area contributed by atoms with Crippen molar-refractivity contribution in [1.82, 2.24) is 24.9 Å². The lowest BCUT2D eigenvalue weighted by Crippen LogP contribution is -2.64. The summed E-state index contributed by atoms with van der Waals surface area (Å²) in [7, 11) is 1.74. The van der Waals surface area contributed by atoms with Crippen molar-refractivity contribution < 1.29 is 14.4 Å². The first-order chi connectivity index (χ1) is 14.3. The number of aryl methyl sites for hydroxylation is 1. The van der Waals surface area contributed by atoms with E-state index in [-0.39, 0.29) is 29.7 Å². The Morgan fingerprint density at radius 1 is 1.10 bits per heavy atom. The number of carbonyl (C=O) groups excluding carboxylic acids is 3. The lowest BCUT2D eigenvalue weighted by Gasteiger charge is -2.45. The molecule has 0 radical (unpaired) electrons. The smallest absolute Gasteiger partial charge is 0.272 e. The number of likely N-dealkylation sites (tertiary alicyclic amines) is 2. The van der Waals surface area contributed by atoms with Gasteiger partial charge in [-0.1, -0.05) is 30.3 Å². The number of fused-ring (bicyclic) bond motifs is 1. The summed E-state index contributed by atoms with van der Waals surface area (Å²) in [5.41, 5.74) is 0.869. The van der Waals surface area contributed by atoms with Crippen LogP contribution in [0.5, 0.6) is 0 Å². The molecule has 1 N–H and O–H groups in total. The average Bonchev–Trinajstić information content (AvgIpc) is 3.28. The number of benzene rings is 1. The third-order valence-corrected chi connectivity index (χ3v) is 6.36. The Hall–Kier alpha value is -3.16. The van der Waals surface area contributed by atoms with Gasteiger partial charge in [0.1, 0.15) is 5.69 Å². The molecule has 2 aromatic rings. The molecule has 2 saturated heterocycles. The van der Waals surface area contributed by atoms with E-state index in [9.17, 15) is 14.4 Å². The van der Waals surface area contributed by atoms with Gasteiger partial charge in [-0.2, -0.15) is 5.10 Å². The average molecular weight is 409 g/mol. The highest BCUT2D eigenvalue weighted by Crippen LogP contribution is 2.47. The van der Waals surface area contributed by atoms with Crippen LogP contribution in [0.3, 0.4) is 0 Å². The van der Waals surface area contributed by atoms with Crippen molar-refractivity contribution in [2.75, 3.05) is 19.6 Å². The van der Waals surface area contributed by atoms with Crippen LogP contribution in [0.2, 0.25) is 0 Å². The second-order valence-electron chi connectivity index (χ2n) is 8.30. The number of aromatic nitrogens is 2. The molecule has 0 saturated carbocycles. The van der Waals surface area contributed by atoms with E-state index in [4.69, 9.17) is 0 Å². The molecule has 8 nitrogen and oxygen atoms in total. The van der Waals surface area contributed by atoms with Crippen LogP contribution in [0.1, 0.15) is 42.4 Å². The Bertz CT molecular complexity index is 972. The van der Waals surface area contributed by atoms with Gasteiger partial charge in [-0.25, -0.2) is 0 Å². The minimum atomic E-state index is -0.690. The van der Waals surface area contributed by atoms with Gasteiger partial charge >= 0.3 is 0 Å². The van der Waals surface area contributed by atoms with E-state index in [1.807, 2.05) is 35.2 Å². The van der Waals surface area contributed by atoms with E-state index in [0.717, 1.165) is 5.56 Å². The van der Waals surface area contributed by atoms with Gasteiger partial charge < -0.3 is 15.1 Å². The number of piperidine rings is 1. The standard InChI is InChI=1S/C22H27N5O3/c1-15(28)24-22-13-26(21(30)19-9-11-23-25(19)3)12-10-18(22)20(27(14-22)16(2)29)17-7-5-4-6-8-17/h4-9,11,18,20H,10,12-14H2,1-3H3,(H,24,28)/t18-,20-,22-/m1/s1. The topological polar surface area (TPSA) is 87.5 Å². The Balaban J connectivity index is 1.71. The zero-order valence-corrected chi connectivity index (χ0v) is 17.5. The van der Waals surface area contributed by atoms with Crippen LogP contribution in [-0.4, -0.2) is 62.5 Å². The van der Waals surface area contributed by atoms with Gasteiger partial charge in [0.2, 0.25) is 11.8 Å². The molecule has 158 valence electrons. The van der Waals surface area contributed by atoms with Crippen LogP contribution >= 0.6 is 0 Å². The molecule has 1 aromatic heterocycles. The fraction of sp³-hybridized carbons (Fsp3) is 0.455. The molecule has 3 atom stereocenters. The fourth-order valence-electron chi connectivity index (χ4n) is 5.17. The summed E-state index contributed by atoms with van der Waals surface area (Å²) in [6.07, 6.45) is 2.29. The number of hydrogen-bond donors (Lipinski definition) is 1. The molecule has 4 rings (SSSR count). The van der Waals surface area contributed by atoms with E-state index in [1.165, 1.54) is 6.92 Å². The molecule has 1 aromatic carbocycles. The third kappa shape index (κ3) is 3.36. The summed E-state index contributed by atoms with van der Waals surface area (Å²) in [4.78, 5) is 41.5. The maximum atomic E-state index is 13.1. The summed E-state index contributed by atoms with van der Waals surface area (Å²) in [5.74, 6) is -0.293. The molecule has 0 spiro atoms. The minimum absolute atomic E-state index is 0.0169. The van der Waals surface area contributed by atoms with Crippen LogP contribution in [0.4, 0.5) is 0 Å². The van der Waals surface area contributed by atoms with Crippen LogP contribution < -0.4 is 5.32 Å². The summed E-state index contributed by atoms with van der Waals surface area (Å²) in [5, 5.41) is 7.24. The molecule has 0 bridgehead atoms. The van der Waals surface area contributed by atoms with Crippen molar-refractivity contribution in [3.8, 4) is 0 Å². The van der Waals surface area contributed by atoms with Crippen molar-refractivity contribution in [2.45, 2.75) is 31.8 Å². The van der Waals surface area contributed by atoms with Gasteiger partial charge in [-0.3, -0.25) is 19.1 Å². The summed E-state index contributed by atoms with van der Waals surface area (Å²) >= 11 is 0. The van der Waals surface area contributed by atoms with Crippen molar-refractivity contribution in [3.05, 3.63) is 53.9 Å². The molecular weight excluding hydrogens is 382 g/mol. The van der Waals surface area contributed by atoms with Gasteiger partial charge in [0.05, 0.1) is 11.6 Å². The molecule has 2 aliphatic heterocycles. The quantitative estimate of drug-likeness (QED) is 0.829. The second-order valence-corrected chi connectivity index (χ2v) is 8.30. The Morgan fingerprint density at radius 3 is 2.43 bits per heavy atom. The monoisotopic (exact) mass is 409 g/mol. The lowest BCUT2D eigenvalue weighted by atomic mass is 9.75. The van der Waals surface area contributed by atoms with Gasteiger partial charge in [-0.05, 0) is 18.1 Å². The van der Waals surface area contributed by atoms with Crippen LogP contribution in [-0.2, 0) is 16.6 Å². The fourth-order valence-corrected chi connectivity index (χ4v) is 5.17. The first-order valence-electron chi connectivity index (χ1n) is 10.2.